The maximum absolute atomic E-state index is 13.1. The van der Waals surface area contributed by atoms with Crippen molar-refractivity contribution in [2.75, 3.05) is 0 Å². The average Bonchev–Trinajstić information content (AvgIpc) is 2.38. The minimum atomic E-state index is -0.233. The van der Waals surface area contributed by atoms with E-state index in [0.717, 1.165) is 21.1 Å². The van der Waals surface area contributed by atoms with Gasteiger partial charge in [0, 0.05) is 3.57 Å². The molecular weight excluding hydrogens is 362 g/mol. The van der Waals surface area contributed by atoms with Gasteiger partial charge in [-0.3, -0.25) is 0 Å². The molecule has 0 fully saturated rings. The smallest absolute Gasteiger partial charge is 0.124 e. The summed E-state index contributed by atoms with van der Waals surface area (Å²) in [5.74, 6) is -0.228. The van der Waals surface area contributed by atoms with Crippen LogP contribution in [0, 0.1) is 9.39 Å². The van der Waals surface area contributed by atoms with Gasteiger partial charge in [-0.25, -0.2) is 4.39 Å². The molecule has 0 amide bonds. The van der Waals surface area contributed by atoms with Crippen molar-refractivity contribution in [3.05, 3.63) is 68.5 Å². The van der Waals surface area contributed by atoms with E-state index in [9.17, 15) is 4.39 Å². The summed E-state index contributed by atoms with van der Waals surface area (Å²) < 4.78 is 13.9. The van der Waals surface area contributed by atoms with Crippen LogP contribution in [0.4, 0.5) is 4.39 Å². The van der Waals surface area contributed by atoms with E-state index >= 15 is 0 Å². The van der Waals surface area contributed by atoms with E-state index in [1.54, 1.807) is 6.07 Å². The number of hydrogen-bond acceptors (Lipinski definition) is 0. The molecule has 0 saturated carbocycles. The Morgan fingerprint density at radius 1 is 1.17 bits per heavy atom. The van der Waals surface area contributed by atoms with E-state index in [1.165, 1.54) is 17.7 Å². The molecule has 1 atom stereocenters. The minimum Gasteiger partial charge on any atom is -0.207 e. The van der Waals surface area contributed by atoms with Crippen LogP contribution < -0.4 is 0 Å². The monoisotopic (exact) mass is 374 g/mol. The highest BCUT2D eigenvalue weighted by Gasteiger charge is 2.14. The molecule has 0 aliphatic rings. The third-order valence-electron chi connectivity index (χ3n) is 2.92. The fourth-order valence-electron chi connectivity index (χ4n) is 1.81. The molecule has 0 spiro atoms. The van der Waals surface area contributed by atoms with Gasteiger partial charge < -0.3 is 0 Å². The van der Waals surface area contributed by atoms with Crippen molar-refractivity contribution in [1.82, 2.24) is 0 Å². The van der Waals surface area contributed by atoms with Gasteiger partial charge in [-0.05, 0) is 57.8 Å². The van der Waals surface area contributed by atoms with Crippen molar-refractivity contribution < 1.29 is 4.39 Å². The standard InChI is InChI=1S/C15H13ClFI/c1-2-10-3-5-11(6-4-10)15(16)13-8-7-12(17)9-14(13)18/h3-9,15H,2H2,1H3. The highest BCUT2D eigenvalue weighted by molar-refractivity contribution is 14.1. The van der Waals surface area contributed by atoms with Crippen molar-refractivity contribution in [2.45, 2.75) is 18.7 Å². The second kappa shape index (κ2) is 6.02. The van der Waals surface area contributed by atoms with E-state index in [-0.39, 0.29) is 11.2 Å². The summed E-state index contributed by atoms with van der Waals surface area (Å²) in [4.78, 5) is 0. The van der Waals surface area contributed by atoms with Crippen LogP contribution in [0.25, 0.3) is 0 Å². The first-order valence-corrected chi connectivity index (χ1v) is 7.31. The molecule has 0 heterocycles. The van der Waals surface area contributed by atoms with Gasteiger partial charge in [-0.2, -0.15) is 0 Å². The maximum atomic E-state index is 13.1. The number of halogens is 3. The highest BCUT2D eigenvalue weighted by Crippen LogP contribution is 2.32. The Morgan fingerprint density at radius 3 is 2.39 bits per heavy atom. The van der Waals surface area contributed by atoms with Crippen molar-refractivity contribution in [3.8, 4) is 0 Å². The summed E-state index contributed by atoms with van der Waals surface area (Å²) in [6, 6.07) is 13.0. The van der Waals surface area contributed by atoms with E-state index in [2.05, 4.69) is 41.6 Å². The van der Waals surface area contributed by atoms with Crippen molar-refractivity contribution >= 4 is 34.2 Å². The topological polar surface area (TPSA) is 0 Å². The molecule has 2 aromatic carbocycles. The summed E-state index contributed by atoms with van der Waals surface area (Å²) in [7, 11) is 0. The fraction of sp³-hybridized carbons (Fsp3) is 0.200. The van der Waals surface area contributed by atoms with E-state index in [4.69, 9.17) is 11.6 Å². The molecule has 0 radical (unpaired) electrons. The van der Waals surface area contributed by atoms with Crippen LogP contribution in [0.3, 0.4) is 0 Å². The van der Waals surface area contributed by atoms with Crippen molar-refractivity contribution in [3.63, 3.8) is 0 Å². The Bertz CT molecular complexity index is 537. The zero-order chi connectivity index (χ0) is 13.1. The molecule has 0 aliphatic carbocycles. The molecule has 2 aromatic rings. The summed E-state index contributed by atoms with van der Waals surface area (Å²) in [6.45, 7) is 2.12. The Balaban J connectivity index is 2.31. The molecule has 0 aromatic heterocycles. The van der Waals surface area contributed by atoms with Crippen LogP contribution in [0.2, 0.25) is 0 Å². The molecule has 0 aliphatic heterocycles. The Hall–Kier alpha value is -0.610. The van der Waals surface area contributed by atoms with Gasteiger partial charge >= 0.3 is 0 Å². The molecular formula is C15H13ClFI. The van der Waals surface area contributed by atoms with Gasteiger partial charge in [0.05, 0.1) is 5.38 Å². The SMILES string of the molecule is CCc1ccc(C(Cl)c2ccc(F)cc2I)cc1. The van der Waals surface area contributed by atoms with E-state index in [0.29, 0.717) is 0 Å². The minimum absolute atomic E-state index is 0.228. The third kappa shape index (κ3) is 3.04. The number of aryl methyl sites for hydroxylation is 1. The first kappa shape index (κ1) is 13.8. The fourth-order valence-corrected chi connectivity index (χ4v) is 3.12. The van der Waals surface area contributed by atoms with Gasteiger partial charge in [-0.15, -0.1) is 11.6 Å². The molecule has 0 bridgehead atoms. The lowest BCUT2D eigenvalue weighted by molar-refractivity contribution is 0.626. The largest absolute Gasteiger partial charge is 0.207 e. The molecule has 0 saturated heterocycles. The van der Waals surface area contributed by atoms with Gasteiger partial charge in [0.2, 0.25) is 0 Å². The first-order chi connectivity index (χ1) is 8.61. The Kier molecular flexibility index (Phi) is 4.62. The van der Waals surface area contributed by atoms with Crippen LogP contribution in [-0.4, -0.2) is 0 Å². The van der Waals surface area contributed by atoms with Crippen LogP contribution in [-0.2, 0) is 6.42 Å². The van der Waals surface area contributed by atoms with Crippen LogP contribution in [0.1, 0.15) is 29.0 Å². The zero-order valence-corrected chi connectivity index (χ0v) is 12.9. The van der Waals surface area contributed by atoms with Crippen molar-refractivity contribution in [1.29, 1.82) is 0 Å². The highest BCUT2D eigenvalue weighted by atomic mass is 127. The molecule has 0 nitrogen and oxygen atoms in total. The van der Waals surface area contributed by atoms with Crippen LogP contribution in [0.15, 0.2) is 42.5 Å². The van der Waals surface area contributed by atoms with Gasteiger partial charge in [0.1, 0.15) is 5.82 Å². The number of rotatable bonds is 3. The number of benzene rings is 2. The normalized spacial score (nSPS) is 12.4. The predicted octanol–water partition coefficient (Wildman–Crippen LogP) is 5.32. The van der Waals surface area contributed by atoms with Gasteiger partial charge in [0.15, 0.2) is 0 Å². The summed E-state index contributed by atoms with van der Waals surface area (Å²) in [5.41, 5.74) is 3.28. The molecule has 3 heteroatoms. The summed E-state index contributed by atoms with van der Waals surface area (Å²) in [5, 5.41) is -0.233. The average molecular weight is 375 g/mol. The van der Waals surface area contributed by atoms with Crippen LogP contribution >= 0.6 is 34.2 Å². The second-order valence-corrected chi connectivity index (χ2v) is 5.72. The number of alkyl halides is 1. The van der Waals surface area contributed by atoms with Crippen molar-refractivity contribution in [2.24, 2.45) is 0 Å². The predicted molar refractivity (Wildman–Crippen MR) is 82.6 cm³/mol. The van der Waals surface area contributed by atoms with E-state index < -0.39 is 0 Å². The Morgan fingerprint density at radius 2 is 1.83 bits per heavy atom. The lowest BCUT2D eigenvalue weighted by atomic mass is 10.0. The lowest BCUT2D eigenvalue weighted by Gasteiger charge is -2.13. The lowest BCUT2D eigenvalue weighted by Crippen LogP contribution is -1.97. The van der Waals surface area contributed by atoms with Gasteiger partial charge in [0.25, 0.3) is 0 Å². The molecule has 94 valence electrons. The summed E-state index contributed by atoms with van der Waals surface area (Å²) >= 11 is 8.58. The quantitative estimate of drug-likeness (QED) is 0.504. The Labute approximate surface area is 125 Å². The molecule has 2 rings (SSSR count). The van der Waals surface area contributed by atoms with E-state index in [1.807, 2.05) is 12.1 Å². The zero-order valence-electron chi connectivity index (χ0n) is 9.96. The molecule has 1 unspecified atom stereocenters. The first-order valence-electron chi connectivity index (χ1n) is 5.79. The summed E-state index contributed by atoms with van der Waals surface area (Å²) in [6.07, 6.45) is 1.02. The number of hydrogen-bond donors (Lipinski definition) is 0. The molecule has 0 N–H and O–H groups in total. The molecule has 18 heavy (non-hydrogen) atoms. The second-order valence-electron chi connectivity index (χ2n) is 4.12. The third-order valence-corrected chi connectivity index (χ3v) is 4.34. The van der Waals surface area contributed by atoms with Crippen LogP contribution in [0.5, 0.6) is 0 Å². The maximum Gasteiger partial charge on any atom is 0.124 e. The van der Waals surface area contributed by atoms with Gasteiger partial charge in [-0.1, -0.05) is 37.3 Å².